The largest absolute Gasteiger partial charge is 0.507 e. The van der Waals surface area contributed by atoms with Crippen molar-refractivity contribution >= 4 is 39.5 Å². The average molecular weight is 344 g/mol. The van der Waals surface area contributed by atoms with E-state index in [4.69, 9.17) is 0 Å². The monoisotopic (exact) mass is 343 g/mol. The van der Waals surface area contributed by atoms with Crippen LogP contribution in [-0.2, 0) is 4.79 Å². The Morgan fingerprint density at radius 2 is 2.00 bits per heavy atom. The molecule has 0 bridgehead atoms. The van der Waals surface area contributed by atoms with Crippen LogP contribution in [0.1, 0.15) is 11.1 Å². The van der Waals surface area contributed by atoms with Crippen molar-refractivity contribution in [2.45, 2.75) is 0 Å². The Balaban J connectivity index is 1.91. The van der Waals surface area contributed by atoms with E-state index in [2.05, 4.69) is 31.4 Å². The predicted molar refractivity (Wildman–Crippen MR) is 85.0 cm³/mol. The first-order valence-electron chi connectivity index (χ1n) is 6.15. The van der Waals surface area contributed by atoms with Crippen LogP contribution in [-0.4, -0.2) is 22.9 Å². The predicted octanol–water partition coefficient (Wildman–Crippen LogP) is 2.93. The summed E-state index contributed by atoms with van der Waals surface area (Å²) in [5.41, 5.74) is 2.22. The zero-order valence-corrected chi connectivity index (χ0v) is 12.3. The molecule has 0 radical (unpaired) electrons. The lowest BCUT2D eigenvalue weighted by atomic mass is 10.1. The minimum Gasteiger partial charge on any atom is -0.507 e. The zero-order valence-electron chi connectivity index (χ0n) is 10.7. The number of carbonyl (C=O) groups excluding carboxylic acids is 1. The van der Waals surface area contributed by atoms with Crippen LogP contribution in [0.15, 0.2) is 57.1 Å². The summed E-state index contributed by atoms with van der Waals surface area (Å²) in [6.45, 7) is 0. The van der Waals surface area contributed by atoms with Crippen molar-refractivity contribution in [1.82, 2.24) is 0 Å². The number of para-hydroxylation sites is 1. The smallest absolute Gasteiger partial charge is 0.276 e. The standard InChI is InChI=1S/C15H10BrN3O2/c16-10-5-6-13(20)9(7-10)8-17-19-14-11-3-1-2-4-12(11)18-15(14)21/h1-8,20H,(H,18,19,21)/b17-8+. The number of benzene rings is 2. The van der Waals surface area contributed by atoms with Crippen LogP contribution in [0, 0.1) is 0 Å². The number of halogens is 1. The molecule has 21 heavy (non-hydrogen) atoms. The molecule has 0 saturated carbocycles. The van der Waals surface area contributed by atoms with Crippen molar-refractivity contribution in [2.75, 3.05) is 5.32 Å². The fraction of sp³-hybridized carbons (Fsp3) is 0. The fourth-order valence-corrected chi connectivity index (χ4v) is 2.36. The summed E-state index contributed by atoms with van der Waals surface area (Å²) < 4.78 is 0.818. The molecule has 0 aliphatic carbocycles. The molecule has 3 rings (SSSR count). The molecule has 0 atom stereocenters. The second kappa shape index (κ2) is 5.49. The summed E-state index contributed by atoms with van der Waals surface area (Å²) in [4.78, 5) is 11.8. The molecule has 0 aromatic heterocycles. The highest BCUT2D eigenvalue weighted by Crippen LogP contribution is 2.23. The van der Waals surface area contributed by atoms with Gasteiger partial charge in [-0.25, -0.2) is 0 Å². The Labute approximate surface area is 129 Å². The SMILES string of the molecule is O=C1Nc2ccccc2/C1=N\N=C\c1cc(Br)ccc1O. The lowest BCUT2D eigenvalue weighted by Gasteiger charge is -1.98. The van der Waals surface area contributed by atoms with Gasteiger partial charge in [0.25, 0.3) is 5.91 Å². The van der Waals surface area contributed by atoms with E-state index in [1.807, 2.05) is 12.1 Å². The van der Waals surface area contributed by atoms with Gasteiger partial charge in [-0.2, -0.15) is 5.10 Å². The summed E-state index contributed by atoms with van der Waals surface area (Å²) in [6.07, 6.45) is 1.40. The zero-order chi connectivity index (χ0) is 14.8. The Morgan fingerprint density at radius 1 is 1.19 bits per heavy atom. The van der Waals surface area contributed by atoms with Gasteiger partial charge < -0.3 is 10.4 Å². The van der Waals surface area contributed by atoms with Crippen molar-refractivity contribution in [3.05, 3.63) is 58.1 Å². The molecule has 1 amide bonds. The third kappa shape index (κ3) is 2.71. The first kappa shape index (κ1) is 13.5. The second-order valence-electron chi connectivity index (χ2n) is 4.40. The first-order chi connectivity index (χ1) is 10.1. The molecule has 1 aliphatic rings. The van der Waals surface area contributed by atoms with Gasteiger partial charge in [0, 0.05) is 15.6 Å². The number of phenols is 1. The molecule has 0 spiro atoms. The fourth-order valence-electron chi connectivity index (χ4n) is 1.98. The van der Waals surface area contributed by atoms with E-state index in [0.29, 0.717) is 5.56 Å². The third-order valence-electron chi connectivity index (χ3n) is 2.99. The topological polar surface area (TPSA) is 74.0 Å². The van der Waals surface area contributed by atoms with E-state index in [-0.39, 0.29) is 17.4 Å². The van der Waals surface area contributed by atoms with Crippen LogP contribution in [0.3, 0.4) is 0 Å². The van der Waals surface area contributed by atoms with E-state index in [0.717, 1.165) is 15.7 Å². The number of rotatable bonds is 2. The molecule has 0 saturated heterocycles. The number of carbonyl (C=O) groups is 1. The summed E-state index contributed by atoms with van der Waals surface area (Å²) in [5, 5.41) is 20.3. The summed E-state index contributed by atoms with van der Waals surface area (Å²) >= 11 is 3.31. The van der Waals surface area contributed by atoms with Crippen molar-refractivity contribution in [3.63, 3.8) is 0 Å². The van der Waals surface area contributed by atoms with Gasteiger partial charge in [-0.15, -0.1) is 5.10 Å². The van der Waals surface area contributed by atoms with E-state index in [1.165, 1.54) is 6.21 Å². The number of nitrogens with one attached hydrogen (secondary N) is 1. The number of fused-ring (bicyclic) bond motifs is 1. The molecule has 6 heteroatoms. The van der Waals surface area contributed by atoms with Gasteiger partial charge in [0.1, 0.15) is 5.75 Å². The van der Waals surface area contributed by atoms with Gasteiger partial charge >= 0.3 is 0 Å². The van der Waals surface area contributed by atoms with Gasteiger partial charge in [-0.3, -0.25) is 4.79 Å². The number of hydrogen-bond acceptors (Lipinski definition) is 4. The van der Waals surface area contributed by atoms with Gasteiger partial charge in [-0.05, 0) is 24.3 Å². The second-order valence-corrected chi connectivity index (χ2v) is 5.31. The molecule has 2 N–H and O–H groups in total. The first-order valence-corrected chi connectivity index (χ1v) is 6.95. The third-order valence-corrected chi connectivity index (χ3v) is 3.48. The molecule has 2 aromatic rings. The maximum Gasteiger partial charge on any atom is 0.276 e. The van der Waals surface area contributed by atoms with Crippen LogP contribution in [0.4, 0.5) is 5.69 Å². The summed E-state index contributed by atoms with van der Waals surface area (Å²) in [5.74, 6) is -0.190. The van der Waals surface area contributed by atoms with Crippen LogP contribution in [0.25, 0.3) is 0 Å². The number of phenolic OH excluding ortho intramolecular Hbond substituents is 1. The highest BCUT2D eigenvalue weighted by atomic mass is 79.9. The Morgan fingerprint density at radius 3 is 2.86 bits per heavy atom. The minimum atomic E-state index is -0.285. The Hall–Kier alpha value is -2.47. The average Bonchev–Trinajstić information content (AvgIpc) is 2.79. The van der Waals surface area contributed by atoms with Gasteiger partial charge in [0.05, 0.1) is 11.9 Å². The molecule has 0 fully saturated rings. The maximum atomic E-state index is 11.8. The molecule has 2 aromatic carbocycles. The van der Waals surface area contributed by atoms with Crippen LogP contribution in [0.2, 0.25) is 0 Å². The Bertz CT molecular complexity index is 784. The molecular formula is C15H10BrN3O2. The van der Waals surface area contributed by atoms with E-state index in [1.54, 1.807) is 30.3 Å². The van der Waals surface area contributed by atoms with E-state index < -0.39 is 0 Å². The molecular weight excluding hydrogens is 334 g/mol. The number of amides is 1. The molecule has 5 nitrogen and oxygen atoms in total. The van der Waals surface area contributed by atoms with Gasteiger partial charge in [-0.1, -0.05) is 34.1 Å². The number of aromatic hydroxyl groups is 1. The van der Waals surface area contributed by atoms with E-state index in [9.17, 15) is 9.90 Å². The van der Waals surface area contributed by atoms with Crippen LogP contribution >= 0.6 is 15.9 Å². The molecule has 0 unspecified atom stereocenters. The lowest BCUT2D eigenvalue weighted by molar-refractivity contribution is -0.110. The number of hydrogen-bond donors (Lipinski definition) is 2. The molecule has 1 aliphatic heterocycles. The van der Waals surface area contributed by atoms with Crippen LogP contribution < -0.4 is 5.32 Å². The van der Waals surface area contributed by atoms with Gasteiger partial charge in [0.15, 0.2) is 5.71 Å². The molecule has 1 heterocycles. The van der Waals surface area contributed by atoms with Crippen molar-refractivity contribution in [3.8, 4) is 5.75 Å². The number of nitrogens with zero attached hydrogens (tertiary/aromatic N) is 2. The van der Waals surface area contributed by atoms with Gasteiger partial charge in [0.2, 0.25) is 0 Å². The summed E-state index contributed by atoms with van der Waals surface area (Å²) in [7, 11) is 0. The molecule has 104 valence electrons. The van der Waals surface area contributed by atoms with Crippen molar-refractivity contribution in [2.24, 2.45) is 10.2 Å². The Kier molecular flexibility index (Phi) is 3.53. The van der Waals surface area contributed by atoms with Crippen LogP contribution in [0.5, 0.6) is 5.75 Å². The van der Waals surface area contributed by atoms with E-state index >= 15 is 0 Å². The van der Waals surface area contributed by atoms with Crippen molar-refractivity contribution in [1.29, 1.82) is 0 Å². The maximum absolute atomic E-state index is 11.8. The number of anilines is 1. The summed E-state index contributed by atoms with van der Waals surface area (Å²) in [6, 6.07) is 12.3. The van der Waals surface area contributed by atoms with Crippen molar-refractivity contribution < 1.29 is 9.90 Å². The normalized spacial score (nSPS) is 15.5. The quantitative estimate of drug-likeness (QED) is 0.649. The minimum absolute atomic E-state index is 0.0958. The highest BCUT2D eigenvalue weighted by Gasteiger charge is 2.25. The lowest BCUT2D eigenvalue weighted by Crippen LogP contribution is -2.13. The highest BCUT2D eigenvalue weighted by molar-refractivity contribution is 9.10.